The van der Waals surface area contributed by atoms with Gasteiger partial charge in [0.05, 0.1) is 0 Å². The Labute approximate surface area is 92.4 Å². The van der Waals surface area contributed by atoms with Crippen LogP contribution in [0.2, 0.25) is 0 Å². The molecule has 0 fully saturated rings. The molecule has 6 heteroatoms. The fraction of sp³-hybridized carbons (Fsp3) is 0.667. The fourth-order valence-corrected chi connectivity index (χ4v) is 0.659. The molecule has 0 bridgehead atoms. The number of carboxylic acid groups (broad SMARTS) is 2. The van der Waals surface area contributed by atoms with Crippen molar-refractivity contribution in [3.63, 3.8) is 0 Å². The van der Waals surface area contributed by atoms with Gasteiger partial charge in [-0.05, 0) is 13.5 Å². The molecule has 0 aliphatic heterocycles. The first-order valence-corrected chi connectivity index (χ1v) is 3.19. The van der Waals surface area contributed by atoms with E-state index in [-0.39, 0.29) is 42.4 Å². The number of rotatable bonds is 5. The van der Waals surface area contributed by atoms with E-state index in [1.165, 1.54) is 7.05 Å². The molecule has 0 aliphatic carbocycles. The summed E-state index contributed by atoms with van der Waals surface area (Å²) in [4.78, 5) is 20.3. The molecule has 0 aliphatic rings. The summed E-state index contributed by atoms with van der Waals surface area (Å²) in [5.74, 6) is -2.00. The van der Waals surface area contributed by atoms with Gasteiger partial charge in [0.2, 0.25) is 0 Å². The summed E-state index contributed by atoms with van der Waals surface area (Å²) in [5, 5.41) is 19.1. The van der Waals surface area contributed by atoms with Crippen molar-refractivity contribution in [2.75, 3.05) is 7.05 Å². The zero-order valence-electron chi connectivity index (χ0n) is 6.20. The second-order valence-corrected chi connectivity index (χ2v) is 2.11. The summed E-state index contributed by atoms with van der Waals surface area (Å²) in [7, 11) is 1.49. The molecule has 3 N–H and O–H groups in total. The number of carbonyl (C=O) groups is 2. The molecular formula is C6H12NNaO4. The molecule has 0 saturated carbocycles. The molecule has 0 aromatic carbocycles. The van der Waals surface area contributed by atoms with Gasteiger partial charge in [-0.25, -0.2) is 0 Å². The van der Waals surface area contributed by atoms with E-state index in [9.17, 15) is 9.59 Å². The van der Waals surface area contributed by atoms with Crippen molar-refractivity contribution in [1.82, 2.24) is 5.32 Å². The first-order chi connectivity index (χ1) is 5.07. The zero-order valence-corrected chi connectivity index (χ0v) is 6.20. The molecule has 12 heavy (non-hydrogen) atoms. The molecule has 0 amide bonds. The van der Waals surface area contributed by atoms with Gasteiger partial charge in [-0.15, -0.1) is 0 Å². The normalized spacial score (nSPS) is 11.4. The van der Waals surface area contributed by atoms with Crippen molar-refractivity contribution in [2.24, 2.45) is 0 Å². The van der Waals surface area contributed by atoms with Crippen molar-refractivity contribution < 1.29 is 19.8 Å². The van der Waals surface area contributed by atoms with Crippen LogP contribution in [-0.4, -0.2) is 64.8 Å². The van der Waals surface area contributed by atoms with Gasteiger partial charge in [0.1, 0.15) is 6.04 Å². The van der Waals surface area contributed by atoms with Gasteiger partial charge >= 0.3 is 41.5 Å². The molecule has 0 unspecified atom stereocenters. The summed E-state index contributed by atoms with van der Waals surface area (Å²) in [5.41, 5.74) is 0. The standard InChI is InChI=1S/C6H11NO4.Na.H/c1-7-4(6(10)11)2-3-5(8)9;;/h4,7H,2-3H2,1H3,(H,8,9)(H,10,11);;/t4-;;/m0../s1. The average Bonchev–Trinajstić information content (AvgIpc) is 1.87. The number of hydrogen-bond donors (Lipinski definition) is 3. The number of hydrogen-bond acceptors (Lipinski definition) is 3. The van der Waals surface area contributed by atoms with E-state index in [0.29, 0.717) is 0 Å². The molecule has 0 aromatic heterocycles. The SMILES string of the molecule is CN[C@@H](CCC(=O)O)C(=O)O.[NaH]. The third kappa shape index (κ3) is 6.60. The first kappa shape index (κ1) is 14.4. The fourth-order valence-electron chi connectivity index (χ4n) is 0.659. The quantitative estimate of drug-likeness (QED) is 0.472. The second kappa shape index (κ2) is 7.54. The van der Waals surface area contributed by atoms with Gasteiger partial charge in [0.25, 0.3) is 0 Å². The molecule has 0 saturated heterocycles. The zero-order chi connectivity index (χ0) is 8.85. The molecule has 0 rings (SSSR count). The van der Waals surface area contributed by atoms with E-state index in [4.69, 9.17) is 10.2 Å². The predicted octanol–water partition coefficient (Wildman–Crippen LogP) is -1.12. The summed E-state index contributed by atoms with van der Waals surface area (Å²) >= 11 is 0. The summed E-state index contributed by atoms with van der Waals surface area (Å²) < 4.78 is 0. The monoisotopic (exact) mass is 185 g/mol. The summed E-state index contributed by atoms with van der Waals surface area (Å²) in [6.45, 7) is 0. The molecule has 66 valence electrons. The summed E-state index contributed by atoms with van der Waals surface area (Å²) in [6.07, 6.45) is -0.0149. The van der Waals surface area contributed by atoms with Crippen molar-refractivity contribution in [3.8, 4) is 0 Å². The maximum absolute atomic E-state index is 10.3. The Morgan fingerprint density at radius 1 is 1.42 bits per heavy atom. The summed E-state index contributed by atoms with van der Waals surface area (Å²) in [6, 6.07) is -0.758. The average molecular weight is 185 g/mol. The topological polar surface area (TPSA) is 86.6 Å². The van der Waals surface area contributed by atoms with Crippen molar-refractivity contribution in [3.05, 3.63) is 0 Å². The molecule has 0 heterocycles. The van der Waals surface area contributed by atoms with Crippen LogP contribution in [0.5, 0.6) is 0 Å². The number of likely N-dealkylation sites (N-methyl/N-ethyl adjacent to an activating group) is 1. The van der Waals surface area contributed by atoms with Crippen molar-refractivity contribution in [1.29, 1.82) is 0 Å². The molecule has 0 radical (unpaired) electrons. The van der Waals surface area contributed by atoms with Crippen LogP contribution >= 0.6 is 0 Å². The minimum atomic E-state index is -1.02. The number of aliphatic carboxylic acids is 2. The number of carboxylic acids is 2. The Hall–Kier alpha value is -0.100. The van der Waals surface area contributed by atoms with Gasteiger partial charge in [-0.2, -0.15) is 0 Å². The van der Waals surface area contributed by atoms with Crippen LogP contribution in [0.25, 0.3) is 0 Å². The Morgan fingerprint density at radius 2 is 1.92 bits per heavy atom. The van der Waals surface area contributed by atoms with Gasteiger partial charge in [0, 0.05) is 6.42 Å². The second-order valence-electron chi connectivity index (χ2n) is 2.11. The van der Waals surface area contributed by atoms with Gasteiger partial charge < -0.3 is 15.5 Å². The Morgan fingerprint density at radius 3 is 2.17 bits per heavy atom. The van der Waals surface area contributed by atoms with Gasteiger partial charge in [0.15, 0.2) is 0 Å². The molecule has 0 aromatic rings. The Kier molecular flexibility index (Phi) is 9.07. The number of nitrogens with one attached hydrogen (secondary N) is 1. The molecular weight excluding hydrogens is 173 g/mol. The minimum absolute atomic E-state index is 0. The van der Waals surface area contributed by atoms with E-state index in [1.54, 1.807) is 0 Å². The van der Waals surface area contributed by atoms with Crippen LogP contribution in [0, 0.1) is 0 Å². The Balaban J connectivity index is 0. The van der Waals surface area contributed by atoms with Crippen LogP contribution in [-0.2, 0) is 9.59 Å². The molecule has 5 nitrogen and oxygen atoms in total. The maximum atomic E-state index is 10.3. The van der Waals surface area contributed by atoms with Crippen LogP contribution < -0.4 is 5.32 Å². The van der Waals surface area contributed by atoms with Crippen molar-refractivity contribution >= 4 is 41.5 Å². The molecule has 1 atom stereocenters. The third-order valence-corrected chi connectivity index (χ3v) is 1.29. The van der Waals surface area contributed by atoms with Crippen LogP contribution in [0.4, 0.5) is 0 Å². The third-order valence-electron chi connectivity index (χ3n) is 1.29. The van der Waals surface area contributed by atoms with Gasteiger partial charge in [-0.3, -0.25) is 9.59 Å². The van der Waals surface area contributed by atoms with E-state index >= 15 is 0 Å². The van der Waals surface area contributed by atoms with Crippen molar-refractivity contribution in [2.45, 2.75) is 18.9 Å². The molecule has 0 spiro atoms. The first-order valence-electron chi connectivity index (χ1n) is 3.19. The predicted molar refractivity (Wildman–Crippen MR) is 44.5 cm³/mol. The van der Waals surface area contributed by atoms with Crippen LogP contribution in [0.1, 0.15) is 12.8 Å². The van der Waals surface area contributed by atoms with E-state index in [1.807, 2.05) is 0 Å². The van der Waals surface area contributed by atoms with E-state index < -0.39 is 18.0 Å². The Bertz CT molecular complexity index is 162. The van der Waals surface area contributed by atoms with Crippen LogP contribution in [0.15, 0.2) is 0 Å². The van der Waals surface area contributed by atoms with Gasteiger partial charge in [-0.1, -0.05) is 0 Å². The van der Waals surface area contributed by atoms with Crippen LogP contribution in [0.3, 0.4) is 0 Å². The van der Waals surface area contributed by atoms with E-state index in [0.717, 1.165) is 0 Å². The van der Waals surface area contributed by atoms with E-state index in [2.05, 4.69) is 5.32 Å².